The van der Waals surface area contributed by atoms with Crippen LogP contribution < -0.4 is 4.74 Å². The fourth-order valence-electron chi connectivity index (χ4n) is 3.47. The molecule has 31 heavy (non-hydrogen) atoms. The van der Waals surface area contributed by atoms with Crippen molar-refractivity contribution in [2.75, 3.05) is 13.7 Å². The first-order valence-electron chi connectivity index (χ1n) is 10.9. The molecule has 6 nitrogen and oxygen atoms in total. The molecule has 3 atom stereocenters. The van der Waals surface area contributed by atoms with E-state index in [9.17, 15) is 4.79 Å². The number of aldehydes is 1. The van der Waals surface area contributed by atoms with E-state index in [0.29, 0.717) is 19.6 Å². The maximum Gasteiger partial charge on any atom is 0.192 e. The number of rotatable bonds is 10. The lowest BCUT2D eigenvalue weighted by Gasteiger charge is -2.40. The zero-order valence-electron chi connectivity index (χ0n) is 20.6. The smallest absolute Gasteiger partial charge is 0.192 e. The summed E-state index contributed by atoms with van der Waals surface area (Å²) in [6.07, 6.45) is 0.752. The molecule has 1 saturated heterocycles. The van der Waals surface area contributed by atoms with Gasteiger partial charge in [-0.25, -0.2) is 0 Å². The SMILES string of the molecule is COc1ccc(COC[C@@H](C[C@H]2OC(C)(C)O[C@]2(C)C=O)O[Si](C)(C)C(C)(C)C)cc1. The normalized spacial score (nSPS) is 24.7. The number of carbonyl (C=O) groups excluding carboxylic acids is 1. The van der Waals surface area contributed by atoms with Crippen molar-refractivity contribution in [3.63, 3.8) is 0 Å². The predicted molar refractivity (Wildman–Crippen MR) is 124 cm³/mol. The summed E-state index contributed by atoms with van der Waals surface area (Å²) in [6.45, 7) is 17.4. The molecule has 1 fully saturated rings. The van der Waals surface area contributed by atoms with Crippen LogP contribution in [0.3, 0.4) is 0 Å². The first-order chi connectivity index (χ1) is 14.2. The maximum absolute atomic E-state index is 11.8. The molecule has 0 bridgehead atoms. The molecule has 1 aliphatic heterocycles. The van der Waals surface area contributed by atoms with E-state index in [1.807, 2.05) is 38.1 Å². The Morgan fingerprint density at radius 3 is 2.29 bits per heavy atom. The van der Waals surface area contributed by atoms with Gasteiger partial charge < -0.3 is 28.2 Å². The zero-order valence-corrected chi connectivity index (χ0v) is 21.6. The van der Waals surface area contributed by atoms with Crippen LogP contribution in [0.4, 0.5) is 0 Å². The predicted octanol–water partition coefficient (Wildman–Crippen LogP) is 5.10. The van der Waals surface area contributed by atoms with Crippen molar-refractivity contribution in [3.8, 4) is 5.75 Å². The molecule has 176 valence electrons. The lowest BCUT2D eigenvalue weighted by molar-refractivity contribution is -0.164. The van der Waals surface area contributed by atoms with Gasteiger partial charge in [-0.1, -0.05) is 32.9 Å². The lowest BCUT2D eigenvalue weighted by atomic mass is 9.96. The Balaban J connectivity index is 2.11. The number of benzene rings is 1. The zero-order chi connectivity index (χ0) is 23.5. The minimum Gasteiger partial charge on any atom is -0.497 e. The molecule has 1 heterocycles. The van der Waals surface area contributed by atoms with Gasteiger partial charge >= 0.3 is 0 Å². The monoisotopic (exact) mass is 452 g/mol. The van der Waals surface area contributed by atoms with Crippen LogP contribution in [0.1, 0.15) is 53.5 Å². The van der Waals surface area contributed by atoms with Crippen molar-refractivity contribution in [1.29, 1.82) is 0 Å². The van der Waals surface area contributed by atoms with Gasteiger partial charge in [0.25, 0.3) is 0 Å². The van der Waals surface area contributed by atoms with Gasteiger partial charge in [0.15, 0.2) is 20.4 Å². The highest BCUT2D eigenvalue weighted by molar-refractivity contribution is 6.74. The van der Waals surface area contributed by atoms with Crippen LogP contribution in [-0.2, 0) is 30.0 Å². The Hall–Kier alpha value is -1.25. The molecule has 1 aliphatic rings. The summed E-state index contributed by atoms with van der Waals surface area (Å²) in [7, 11) is -0.405. The second kappa shape index (κ2) is 9.71. The molecule has 0 aliphatic carbocycles. The van der Waals surface area contributed by atoms with Crippen molar-refractivity contribution >= 4 is 14.6 Å². The molecule has 0 N–H and O–H groups in total. The number of methoxy groups -OCH3 is 1. The van der Waals surface area contributed by atoms with Crippen LogP contribution in [0.25, 0.3) is 0 Å². The van der Waals surface area contributed by atoms with E-state index in [-0.39, 0.29) is 11.1 Å². The van der Waals surface area contributed by atoms with E-state index < -0.39 is 25.8 Å². The molecule has 0 radical (unpaired) electrons. The van der Waals surface area contributed by atoms with Crippen molar-refractivity contribution in [3.05, 3.63) is 29.8 Å². The number of carbonyl (C=O) groups is 1. The molecular weight excluding hydrogens is 412 g/mol. The van der Waals surface area contributed by atoms with E-state index in [1.54, 1.807) is 14.0 Å². The highest BCUT2D eigenvalue weighted by atomic mass is 28.4. The van der Waals surface area contributed by atoms with Crippen LogP contribution in [0, 0.1) is 0 Å². The third-order valence-electron chi connectivity index (χ3n) is 6.24. The van der Waals surface area contributed by atoms with Crippen molar-refractivity contribution in [2.45, 2.75) is 96.3 Å². The Kier molecular flexibility index (Phi) is 8.14. The van der Waals surface area contributed by atoms with Gasteiger partial charge in [-0.3, -0.25) is 0 Å². The second-order valence-electron chi connectivity index (χ2n) is 10.5. The number of hydrogen-bond acceptors (Lipinski definition) is 6. The summed E-state index contributed by atoms with van der Waals surface area (Å²) in [6, 6.07) is 7.82. The van der Waals surface area contributed by atoms with Gasteiger partial charge in [-0.05, 0) is 56.6 Å². The highest BCUT2D eigenvalue weighted by Crippen LogP contribution is 2.41. The van der Waals surface area contributed by atoms with E-state index in [0.717, 1.165) is 17.6 Å². The van der Waals surface area contributed by atoms with E-state index in [4.69, 9.17) is 23.4 Å². The average molecular weight is 453 g/mol. The molecule has 0 saturated carbocycles. The second-order valence-corrected chi connectivity index (χ2v) is 15.3. The quantitative estimate of drug-likeness (QED) is 0.363. The summed E-state index contributed by atoms with van der Waals surface area (Å²) in [5, 5.41) is 0.0570. The van der Waals surface area contributed by atoms with E-state index >= 15 is 0 Å². The molecule has 0 unspecified atom stereocenters. The summed E-state index contributed by atoms with van der Waals surface area (Å²) in [5.41, 5.74) is 0.0559. The largest absolute Gasteiger partial charge is 0.497 e. The molecule has 0 aromatic heterocycles. The topological polar surface area (TPSA) is 63.2 Å². The van der Waals surface area contributed by atoms with Crippen LogP contribution in [0.5, 0.6) is 5.75 Å². The Bertz CT molecular complexity index is 725. The first-order valence-corrected chi connectivity index (χ1v) is 13.8. The third kappa shape index (κ3) is 6.86. The van der Waals surface area contributed by atoms with Crippen molar-refractivity contribution in [2.24, 2.45) is 0 Å². The van der Waals surface area contributed by atoms with Crippen LogP contribution in [0.2, 0.25) is 18.1 Å². The van der Waals surface area contributed by atoms with Crippen LogP contribution in [-0.4, -0.2) is 51.9 Å². The fourth-order valence-corrected chi connectivity index (χ4v) is 4.82. The van der Waals surface area contributed by atoms with Gasteiger partial charge in [0, 0.05) is 6.42 Å². The minimum atomic E-state index is -2.06. The van der Waals surface area contributed by atoms with Crippen LogP contribution in [0.15, 0.2) is 24.3 Å². The third-order valence-corrected chi connectivity index (χ3v) is 10.8. The summed E-state index contributed by atoms with van der Waals surface area (Å²) in [5.74, 6) is 0.00301. The molecule has 2 rings (SSSR count). The van der Waals surface area contributed by atoms with Gasteiger partial charge in [0.1, 0.15) is 11.4 Å². The lowest BCUT2D eigenvalue weighted by Crippen LogP contribution is -2.48. The molecule has 0 amide bonds. The molecule has 1 aromatic carbocycles. The van der Waals surface area contributed by atoms with E-state index in [1.165, 1.54) is 0 Å². The molecular formula is C24H40O6Si. The number of ether oxygens (including phenoxy) is 4. The Morgan fingerprint density at radius 2 is 1.77 bits per heavy atom. The Labute approximate surface area is 188 Å². The average Bonchev–Trinajstić information content (AvgIpc) is 2.89. The summed E-state index contributed by atoms with van der Waals surface area (Å²) >= 11 is 0. The van der Waals surface area contributed by atoms with Gasteiger partial charge in [-0.2, -0.15) is 0 Å². The van der Waals surface area contributed by atoms with Gasteiger partial charge in [0.2, 0.25) is 0 Å². The Morgan fingerprint density at radius 1 is 1.16 bits per heavy atom. The van der Waals surface area contributed by atoms with Crippen molar-refractivity contribution in [1.82, 2.24) is 0 Å². The van der Waals surface area contributed by atoms with Gasteiger partial charge in [0.05, 0.1) is 32.5 Å². The minimum absolute atomic E-state index is 0.0570. The summed E-state index contributed by atoms with van der Waals surface area (Å²) < 4.78 is 29.9. The molecule has 0 spiro atoms. The fraction of sp³-hybridized carbons (Fsp3) is 0.708. The highest BCUT2D eigenvalue weighted by Gasteiger charge is 2.51. The molecule has 7 heteroatoms. The maximum atomic E-state index is 11.8. The first kappa shape index (κ1) is 26.0. The van der Waals surface area contributed by atoms with E-state index in [2.05, 4.69) is 33.9 Å². The van der Waals surface area contributed by atoms with Crippen LogP contribution >= 0.6 is 0 Å². The standard InChI is InChI=1S/C24H40O6Si/c1-22(2,3)31(8,9)29-20(14-21-24(6,17-25)30-23(4,5)28-21)16-27-15-18-10-12-19(26-7)13-11-18/h10-13,17,20-21H,14-16H2,1-9H3/t20-,21-,24-/m1/s1. The van der Waals surface area contributed by atoms with Gasteiger partial charge in [-0.15, -0.1) is 0 Å². The number of hydrogen-bond donors (Lipinski definition) is 0. The summed E-state index contributed by atoms with van der Waals surface area (Å²) in [4.78, 5) is 11.8. The molecule has 1 aromatic rings. The van der Waals surface area contributed by atoms with Crippen molar-refractivity contribution < 1.29 is 28.2 Å².